The largest absolute Gasteiger partial charge is 0.378 e. The molecule has 1 aromatic heterocycles. The Morgan fingerprint density at radius 2 is 2.15 bits per heavy atom. The van der Waals surface area contributed by atoms with Gasteiger partial charge in [0.15, 0.2) is 5.16 Å². The first-order chi connectivity index (χ1) is 13.1. The highest BCUT2D eigenvalue weighted by molar-refractivity contribution is 7.99. The average Bonchev–Trinajstić information content (AvgIpc) is 3.10. The minimum Gasteiger partial charge on any atom is -0.378 e. The number of aromatic nitrogens is 3. The van der Waals surface area contributed by atoms with Crippen LogP contribution in [0.2, 0.25) is 5.02 Å². The van der Waals surface area contributed by atoms with Crippen LogP contribution in [0.25, 0.3) is 0 Å². The van der Waals surface area contributed by atoms with Gasteiger partial charge < -0.3 is 15.0 Å². The maximum atomic E-state index is 12.3. The Morgan fingerprint density at radius 3 is 2.85 bits per heavy atom. The van der Waals surface area contributed by atoms with Gasteiger partial charge in [0, 0.05) is 24.7 Å². The van der Waals surface area contributed by atoms with Crippen molar-refractivity contribution in [1.29, 1.82) is 0 Å². The van der Waals surface area contributed by atoms with E-state index < -0.39 is 0 Å². The van der Waals surface area contributed by atoms with Crippen molar-refractivity contribution >= 4 is 35.2 Å². The van der Waals surface area contributed by atoms with Crippen LogP contribution in [0.1, 0.15) is 25.5 Å². The minimum atomic E-state index is -0.107. The maximum absolute atomic E-state index is 12.3. The summed E-state index contributed by atoms with van der Waals surface area (Å²) in [6.45, 7) is 7.76. The molecule has 1 atom stereocenters. The fraction of sp³-hybridized carbons (Fsp3) is 0.500. The van der Waals surface area contributed by atoms with Crippen LogP contribution in [0.3, 0.4) is 0 Å². The first kappa shape index (κ1) is 20.0. The summed E-state index contributed by atoms with van der Waals surface area (Å²) in [4.78, 5) is 14.5. The number of amides is 1. The van der Waals surface area contributed by atoms with Crippen LogP contribution < -0.4 is 10.2 Å². The number of thioether (sulfide) groups is 1. The second-order valence-electron chi connectivity index (χ2n) is 6.26. The van der Waals surface area contributed by atoms with Crippen molar-refractivity contribution in [2.45, 2.75) is 31.6 Å². The number of ether oxygens (including phenoxy) is 1. The van der Waals surface area contributed by atoms with Crippen LogP contribution in [0.4, 0.5) is 5.95 Å². The molecule has 146 valence electrons. The van der Waals surface area contributed by atoms with Gasteiger partial charge in [0.2, 0.25) is 11.9 Å². The standard InChI is InChI=1S/C18H24ClN5O2S/c1-3-24-17(23-7-9-26-10-8-23)21-22-18(24)27-12-16(25)20-13(2)14-5-4-6-15(19)11-14/h4-6,11,13H,3,7-10,12H2,1-2H3,(H,20,25)/t13-/m1/s1. The number of morpholine rings is 1. The van der Waals surface area contributed by atoms with Crippen molar-refractivity contribution in [1.82, 2.24) is 20.1 Å². The first-order valence-electron chi connectivity index (χ1n) is 9.02. The molecule has 1 aliphatic rings. The molecule has 0 spiro atoms. The zero-order chi connectivity index (χ0) is 19.2. The second-order valence-corrected chi connectivity index (χ2v) is 7.64. The van der Waals surface area contributed by atoms with E-state index in [1.807, 2.05) is 35.8 Å². The smallest absolute Gasteiger partial charge is 0.230 e. The monoisotopic (exact) mass is 409 g/mol. The molecule has 1 aliphatic heterocycles. The van der Waals surface area contributed by atoms with E-state index in [1.54, 1.807) is 0 Å². The molecule has 1 amide bonds. The number of hydrogen-bond donors (Lipinski definition) is 1. The first-order valence-corrected chi connectivity index (χ1v) is 10.4. The number of benzene rings is 1. The molecule has 0 bridgehead atoms. The lowest BCUT2D eigenvalue weighted by molar-refractivity contribution is -0.119. The number of hydrogen-bond acceptors (Lipinski definition) is 6. The van der Waals surface area contributed by atoms with Crippen molar-refractivity contribution in [3.8, 4) is 0 Å². The van der Waals surface area contributed by atoms with Crippen molar-refractivity contribution < 1.29 is 9.53 Å². The summed E-state index contributed by atoms with van der Waals surface area (Å²) in [5, 5.41) is 13.0. The van der Waals surface area contributed by atoms with E-state index in [0.717, 1.165) is 36.3 Å². The molecule has 3 rings (SSSR count). The van der Waals surface area contributed by atoms with Crippen LogP contribution >= 0.6 is 23.4 Å². The Morgan fingerprint density at radius 1 is 1.37 bits per heavy atom. The summed E-state index contributed by atoms with van der Waals surface area (Å²) in [5.74, 6) is 1.08. The van der Waals surface area contributed by atoms with E-state index in [-0.39, 0.29) is 17.7 Å². The molecule has 1 aromatic carbocycles. The number of carbonyl (C=O) groups is 1. The second kappa shape index (κ2) is 9.43. The summed E-state index contributed by atoms with van der Waals surface area (Å²) >= 11 is 7.42. The molecule has 2 heterocycles. The topological polar surface area (TPSA) is 72.3 Å². The fourth-order valence-electron chi connectivity index (χ4n) is 2.93. The van der Waals surface area contributed by atoms with Crippen molar-refractivity contribution in [3.05, 3.63) is 34.9 Å². The van der Waals surface area contributed by atoms with E-state index in [4.69, 9.17) is 16.3 Å². The molecule has 1 fully saturated rings. The predicted octanol–water partition coefficient (Wildman–Crippen LogP) is 2.76. The maximum Gasteiger partial charge on any atom is 0.230 e. The molecule has 27 heavy (non-hydrogen) atoms. The number of halogens is 1. The van der Waals surface area contributed by atoms with Gasteiger partial charge in [0.1, 0.15) is 0 Å². The molecule has 2 aromatic rings. The molecule has 0 unspecified atom stereocenters. The van der Waals surface area contributed by atoms with Gasteiger partial charge >= 0.3 is 0 Å². The zero-order valence-corrected chi connectivity index (χ0v) is 17.1. The highest BCUT2D eigenvalue weighted by Crippen LogP contribution is 2.23. The van der Waals surface area contributed by atoms with Crippen LogP contribution in [-0.2, 0) is 16.1 Å². The number of carbonyl (C=O) groups excluding carboxylic acids is 1. The van der Waals surface area contributed by atoms with E-state index in [1.165, 1.54) is 11.8 Å². The number of anilines is 1. The van der Waals surface area contributed by atoms with Gasteiger partial charge in [0.05, 0.1) is 25.0 Å². The Hall–Kier alpha value is -1.77. The summed E-state index contributed by atoms with van der Waals surface area (Å²) in [6.07, 6.45) is 0. The lowest BCUT2D eigenvalue weighted by Gasteiger charge is -2.27. The fourth-order valence-corrected chi connectivity index (χ4v) is 3.94. The molecule has 1 N–H and O–H groups in total. The molecule has 1 saturated heterocycles. The van der Waals surface area contributed by atoms with E-state index >= 15 is 0 Å². The van der Waals surface area contributed by atoms with Gasteiger partial charge in [-0.3, -0.25) is 9.36 Å². The normalized spacial score (nSPS) is 15.6. The van der Waals surface area contributed by atoms with Gasteiger partial charge in [-0.2, -0.15) is 0 Å². The third-order valence-corrected chi connectivity index (χ3v) is 5.57. The molecule has 7 nitrogen and oxygen atoms in total. The average molecular weight is 410 g/mol. The number of rotatable bonds is 7. The van der Waals surface area contributed by atoms with Gasteiger partial charge in [-0.25, -0.2) is 0 Å². The van der Waals surface area contributed by atoms with Crippen molar-refractivity contribution in [2.24, 2.45) is 0 Å². The third kappa shape index (κ3) is 5.15. The highest BCUT2D eigenvalue weighted by atomic mass is 35.5. The lowest BCUT2D eigenvalue weighted by atomic mass is 10.1. The Bertz CT molecular complexity index is 779. The quantitative estimate of drug-likeness (QED) is 0.709. The van der Waals surface area contributed by atoms with Gasteiger partial charge in [0.25, 0.3) is 0 Å². The summed E-state index contributed by atoms with van der Waals surface area (Å²) in [7, 11) is 0. The van der Waals surface area contributed by atoms with E-state index in [2.05, 4.69) is 27.3 Å². The molecule has 9 heteroatoms. The van der Waals surface area contributed by atoms with Crippen LogP contribution in [-0.4, -0.2) is 52.7 Å². The van der Waals surface area contributed by atoms with Crippen LogP contribution in [0.15, 0.2) is 29.4 Å². The van der Waals surface area contributed by atoms with Gasteiger partial charge in [-0.05, 0) is 31.5 Å². The zero-order valence-electron chi connectivity index (χ0n) is 15.5. The van der Waals surface area contributed by atoms with Gasteiger partial charge in [-0.15, -0.1) is 10.2 Å². The Labute approximate surface area is 168 Å². The van der Waals surface area contributed by atoms with E-state index in [0.29, 0.717) is 18.2 Å². The third-order valence-electron chi connectivity index (χ3n) is 4.37. The lowest BCUT2D eigenvalue weighted by Crippen LogP contribution is -2.38. The van der Waals surface area contributed by atoms with E-state index in [9.17, 15) is 4.79 Å². The summed E-state index contributed by atoms with van der Waals surface area (Å²) in [5.41, 5.74) is 0.979. The number of nitrogens with zero attached hydrogens (tertiary/aromatic N) is 4. The highest BCUT2D eigenvalue weighted by Gasteiger charge is 2.20. The van der Waals surface area contributed by atoms with Crippen LogP contribution in [0, 0.1) is 0 Å². The Balaban J connectivity index is 1.57. The Kier molecular flexibility index (Phi) is 6.98. The molecular weight excluding hydrogens is 386 g/mol. The van der Waals surface area contributed by atoms with Crippen molar-refractivity contribution in [3.63, 3.8) is 0 Å². The summed E-state index contributed by atoms with van der Waals surface area (Å²) in [6, 6.07) is 7.41. The van der Waals surface area contributed by atoms with Crippen molar-refractivity contribution in [2.75, 3.05) is 37.0 Å². The molecule has 0 saturated carbocycles. The molecule has 0 aliphatic carbocycles. The minimum absolute atomic E-state index is 0.0500. The number of nitrogens with one attached hydrogen (secondary N) is 1. The van der Waals surface area contributed by atoms with Crippen LogP contribution in [0.5, 0.6) is 0 Å². The summed E-state index contributed by atoms with van der Waals surface area (Å²) < 4.78 is 7.44. The van der Waals surface area contributed by atoms with Gasteiger partial charge in [-0.1, -0.05) is 35.5 Å². The SMILES string of the molecule is CCn1c(SCC(=O)N[C@H](C)c2cccc(Cl)c2)nnc1N1CCOCC1. The molecular formula is C18H24ClN5O2S. The molecule has 0 radical (unpaired) electrons. The predicted molar refractivity (Wildman–Crippen MR) is 107 cm³/mol.